The van der Waals surface area contributed by atoms with Crippen LogP contribution in [0.2, 0.25) is 0 Å². The van der Waals surface area contributed by atoms with Crippen LogP contribution in [0.15, 0.2) is 24.4 Å². The summed E-state index contributed by atoms with van der Waals surface area (Å²) in [5, 5.41) is 25.1. The van der Waals surface area contributed by atoms with E-state index in [1.165, 1.54) is 6.07 Å². The SMILES string of the molecule is OCCCn1c(Nc2ccc(F)cc2F)nc2cnc(NC3CCC(O)CC3)nc21. The first kappa shape index (κ1) is 20.4. The monoisotopic (exact) mass is 418 g/mol. The van der Waals surface area contributed by atoms with Crippen LogP contribution < -0.4 is 10.6 Å². The van der Waals surface area contributed by atoms with Gasteiger partial charge in [-0.05, 0) is 44.2 Å². The lowest BCUT2D eigenvalue weighted by atomic mass is 9.93. The van der Waals surface area contributed by atoms with E-state index in [1.807, 2.05) is 0 Å². The molecule has 160 valence electrons. The minimum absolute atomic E-state index is 0.0232. The molecule has 30 heavy (non-hydrogen) atoms. The van der Waals surface area contributed by atoms with E-state index in [0.29, 0.717) is 36.0 Å². The third-order valence-electron chi connectivity index (χ3n) is 5.24. The second kappa shape index (κ2) is 8.88. The standard InChI is InChI=1S/C20H24F2N6O2/c21-12-2-7-16(15(22)10-12)25-20-26-17-11-23-19(24-13-3-5-14(30)6-4-13)27-18(17)28(20)8-1-9-29/h2,7,10-11,13-14,29-30H,1,3-6,8-9H2,(H,25,26)(H,23,24,27). The molecule has 4 N–H and O–H groups in total. The maximum absolute atomic E-state index is 14.1. The number of hydrogen-bond acceptors (Lipinski definition) is 7. The van der Waals surface area contributed by atoms with Crippen LogP contribution in [0.4, 0.5) is 26.4 Å². The maximum atomic E-state index is 14.1. The summed E-state index contributed by atoms with van der Waals surface area (Å²) >= 11 is 0. The number of halogens is 2. The highest BCUT2D eigenvalue weighted by Gasteiger charge is 2.21. The number of aromatic nitrogens is 4. The number of fused-ring (bicyclic) bond motifs is 1. The normalized spacial score (nSPS) is 19.2. The minimum Gasteiger partial charge on any atom is -0.396 e. The summed E-state index contributed by atoms with van der Waals surface area (Å²) in [6, 6.07) is 3.45. The molecule has 2 aromatic heterocycles. The maximum Gasteiger partial charge on any atom is 0.224 e. The van der Waals surface area contributed by atoms with Gasteiger partial charge in [-0.2, -0.15) is 4.98 Å². The van der Waals surface area contributed by atoms with Gasteiger partial charge in [0.25, 0.3) is 0 Å². The van der Waals surface area contributed by atoms with Crippen LogP contribution in [0.1, 0.15) is 32.1 Å². The van der Waals surface area contributed by atoms with Gasteiger partial charge < -0.3 is 20.8 Å². The van der Waals surface area contributed by atoms with Crippen LogP contribution in [0, 0.1) is 11.6 Å². The zero-order chi connectivity index (χ0) is 21.1. The summed E-state index contributed by atoms with van der Waals surface area (Å²) < 4.78 is 29.0. The van der Waals surface area contributed by atoms with E-state index in [1.54, 1.807) is 10.8 Å². The molecule has 8 nitrogen and oxygen atoms in total. The van der Waals surface area contributed by atoms with Crippen molar-refractivity contribution in [2.75, 3.05) is 17.2 Å². The van der Waals surface area contributed by atoms with Crippen molar-refractivity contribution >= 4 is 28.7 Å². The number of benzene rings is 1. The second-order valence-corrected chi connectivity index (χ2v) is 7.47. The molecule has 1 aromatic carbocycles. The van der Waals surface area contributed by atoms with Crippen molar-refractivity contribution in [3.8, 4) is 0 Å². The summed E-state index contributed by atoms with van der Waals surface area (Å²) in [5.41, 5.74) is 1.15. The van der Waals surface area contributed by atoms with E-state index in [0.717, 1.165) is 37.8 Å². The summed E-state index contributed by atoms with van der Waals surface area (Å²) in [6.07, 6.45) is 4.96. The van der Waals surface area contributed by atoms with Crippen molar-refractivity contribution in [1.29, 1.82) is 0 Å². The fraction of sp³-hybridized carbons (Fsp3) is 0.450. The number of anilines is 3. The first-order valence-corrected chi connectivity index (χ1v) is 10.0. The van der Waals surface area contributed by atoms with Crippen LogP contribution in [-0.4, -0.2) is 48.5 Å². The first-order chi connectivity index (χ1) is 14.5. The van der Waals surface area contributed by atoms with E-state index in [9.17, 15) is 19.0 Å². The van der Waals surface area contributed by atoms with E-state index < -0.39 is 11.6 Å². The van der Waals surface area contributed by atoms with Crippen molar-refractivity contribution in [3.05, 3.63) is 36.0 Å². The van der Waals surface area contributed by atoms with E-state index in [2.05, 4.69) is 25.6 Å². The Morgan fingerprint density at radius 1 is 1.13 bits per heavy atom. The molecule has 1 saturated carbocycles. The van der Waals surface area contributed by atoms with Gasteiger partial charge in [0.05, 0.1) is 18.0 Å². The average molecular weight is 418 g/mol. The number of aliphatic hydroxyl groups is 2. The molecule has 10 heteroatoms. The number of nitrogens with zero attached hydrogens (tertiary/aromatic N) is 4. The molecular formula is C20H24F2N6O2. The topological polar surface area (TPSA) is 108 Å². The molecule has 0 spiro atoms. The predicted octanol–water partition coefficient (Wildman–Crippen LogP) is 2.95. The molecule has 0 amide bonds. The van der Waals surface area contributed by atoms with E-state index in [-0.39, 0.29) is 24.4 Å². The lowest BCUT2D eigenvalue weighted by Crippen LogP contribution is -2.28. The van der Waals surface area contributed by atoms with Crippen LogP contribution in [0.25, 0.3) is 11.2 Å². The summed E-state index contributed by atoms with van der Waals surface area (Å²) in [5.74, 6) is -0.614. The Morgan fingerprint density at radius 2 is 1.93 bits per heavy atom. The van der Waals surface area contributed by atoms with Crippen LogP contribution >= 0.6 is 0 Å². The first-order valence-electron chi connectivity index (χ1n) is 10.0. The van der Waals surface area contributed by atoms with Gasteiger partial charge in [-0.15, -0.1) is 0 Å². The molecule has 0 saturated heterocycles. The van der Waals surface area contributed by atoms with Gasteiger partial charge in [0.15, 0.2) is 5.65 Å². The molecule has 0 radical (unpaired) electrons. The highest BCUT2D eigenvalue weighted by molar-refractivity contribution is 5.76. The quantitative estimate of drug-likeness (QED) is 0.467. The van der Waals surface area contributed by atoms with Crippen molar-refractivity contribution in [1.82, 2.24) is 19.5 Å². The lowest BCUT2D eigenvalue weighted by molar-refractivity contribution is 0.126. The number of imidazole rings is 1. The summed E-state index contributed by atoms with van der Waals surface area (Å²) in [7, 11) is 0. The van der Waals surface area contributed by atoms with Gasteiger partial charge in [-0.3, -0.25) is 4.57 Å². The van der Waals surface area contributed by atoms with Crippen LogP contribution in [0.3, 0.4) is 0 Å². The molecule has 1 aliphatic rings. The van der Waals surface area contributed by atoms with Crippen LogP contribution in [-0.2, 0) is 6.54 Å². The Kier molecular flexibility index (Phi) is 6.05. The molecule has 4 rings (SSSR count). The third kappa shape index (κ3) is 4.49. The molecule has 0 atom stereocenters. The van der Waals surface area contributed by atoms with Crippen molar-refractivity contribution in [2.45, 2.75) is 50.8 Å². The molecule has 2 heterocycles. The Balaban J connectivity index is 1.63. The molecular weight excluding hydrogens is 394 g/mol. The Hall–Kier alpha value is -2.85. The number of rotatable bonds is 7. The number of aryl methyl sites for hydroxylation is 1. The summed E-state index contributed by atoms with van der Waals surface area (Å²) in [4.78, 5) is 13.4. The van der Waals surface area contributed by atoms with Crippen molar-refractivity contribution in [3.63, 3.8) is 0 Å². The Bertz CT molecular complexity index is 1020. The zero-order valence-electron chi connectivity index (χ0n) is 16.4. The third-order valence-corrected chi connectivity index (χ3v) is 5.24. The highest BCUT2D eigenvalue weighted by Crippen LogP contribution is 2.26. The van der Waals surface area contributed by atoms with Crippen LogP contribution in [0.5, 0.6) is 0 Å². The van der Waals surface area contributed by atoms with Gasteiger partial charge in [0.1, 0.15) is 17.2 Å². The average Bonchev–Trinajstić information content (AvgIpc) is 3.06. The van der Waals surface area contributed by atoms with Gasteiger partial charge in [0.2, 0.25) is 11.9 Å². The summed E-state index contributed by atoms with van der Waals surface area (Å²) in [6.45, 7) is 0.384. The van der Waals surface area contributed by atoms with Gasteiger partial charge in [0, 0.05) is 25.3 Å². The highest BCUT2D eigenvalue weighted by atomic mass is 19.1. The Morgan fingerprint density at radius 3 is 2.67 bits per heavy atom. The fourth-order valence-electron chi connectivity index (χ4n) is 3.64. The Labute approximate surface area is 172 Å². The molecule has 0 bridgehead atoms. The number of aliphatic hydroxyl groups excluding tert-OH is 2. The smallest absolute Gasteiger partial charge is 0.224 e. The predicted molar refractivity (Wildman–Crippen MR) is 109 cm³/mol. The molecule has 1 aliphatic carbocycles. The molecule has 3 aromatic rings. The second-order valence-electron chi connectivity index (χ2n) is 7.47. The lowest BCUT2D eigenvalue weighted by Gasteiger charge is -2.26. The number of nitrogens with one attached hydrogen (secondary N) is 2. The molecule has 0 aliphatic heterocycles. The number of hydrogen-bond donors (Lipinski definition) is 4. The van der Waals surface area contributed by atoms with E-state index in [4.69, 9.17) is 0 Å². The van der Waals surface area contributed by atoms with Crippen molar-refractivity contribution in [2.24, 2.45) is 0 Å². The van der Waals surface area contributed by atoms with Gasteiger partial charge >= 0.3 is 0 Å². The largest absolute Gasteiger partial charge is 0.396 e. The van der Waals surface area contributed by atoms with Crippen molar-refractivity contribution < 1.29 is 19.0 Å². The fourth-order valence-corrected chi connectivity index (χ4v) is 3.64. The molecule has 0 unspecified atom stereocenters. The van der Waals surface area contributed by atoms with E-state index >= 15 is 0 Å². The minimum atomic E-state index is -0.733. The van der Waals surface area contributed by atoms with Gasteiger partial charge in [-0.1, -0.05) is 0 Å². The van der Waals surface area contributed by atoms with Gasteiger partial charge in [-0.25, -0.2) is 18.7 Å². The molecule has 1 fully saturated rings. The zero-order valence-corrected chi connectivity index (χ0v) is 16.4.